The largest absolute Gasteiger partial charge is 0.355 e. The Hall–Kier alpha value is -2.41. The minimum Gasteiger partial charge on any atom is -0.355 e. The van der Waals surface area contributed by atoms with E-state index in [2.05, 4.69) is 20.7 Å². The summed E-state index contributed by atoms with van der Waals surface area (Å²) in [7, 11) is 1.82. The van der Waals surface area contributed by atoms with Crippen LogP contribution in [0, 0.1) is 0 Å². The molecule has 0 bridgehead atoms. The van der Waals surface area contributed by atoms with Crippen molar-refractivity contribution in [2.24, 2.45) is 5.84 Å². The maximum absolute atomic E-state index is 11.8. The van der Waals surface area contributed by atoms with Crippen molar-refractivity contribution in [1.82, 2.24) is 15.3 Å². The minimum atomic E-state index is -0.0377. The van der Waals surface area contributed by atoms with Crippen molar-refractivity contribution in [3.8, 4) is 0 Å². The highest BCUT2D eigenvalue weighted by molar-refractivity contribution is 5.92. The first-order valence-corrected chi connectivity index (χ1v) is 6.87. The first-order valence-electron chi connectivity index (χ1n) is 6.87. The van der Waals surface area contributed by atoms with Gasteiger partial charge >= 0.3 is 0 Å². The number of rotatable bonds is 6. The number of hydrazine groups is 1. The standard InChI is InChI=1S/C14H20N6O/c1-3-8-16-12(21)9-20(2)13-10-6-4-5-7-11(10)17-14(18-13)19-15/h4-7H,3,8-9,15H2,1-2H3,(H,16,21)(H,17,18,19). The Bertz CT molecular complexity index is 630. The number of carbonyl (C=O) groups is 1. The van der Waals surface area contributed by atoms with Crippen LogP contribution >= 0.6 is 0 Å². The van der Waals surface area contributed by atoms with Crippen molar-refractivity contribution in [3.05, 3.63) is 24.3 Å². The van der Waals surface area contributed by atoms with E-state index in [4.69, 9.17) is 5.84 Å². The molecule has 0 aliphatic rings. The highest BCUT2D eigenvalue weighted by atomic mass is 16.2. The quantitative estimate of drug-likeness (QED) is 0.539. The lowest BCUT2D eigenvalue weighted by Crippen LogP contribution is -2.36. The summed E-state index contributed by atoms with van der Waals surface area (Å²) in [5, 5.41) is 3.72. The first kappa shape index (κ1) is 15.0. The molecule has 0 fully saturated rings. The van der Waals surface area contributed by atoms with Gasteiger partial charge in [-0.25, -0.2) is 10.8 Å². The lowest BCUT2D eigenvalue weighted by Gasteiger charge is -2.20. The molecule has 21 heavy (non-hydrogen) atoms. The second-order valence-corrected chi connectivity index (χ2v) is 4.74. The molecule has 0 spiro atoms. The molecule has 1 aromatic heterocycles. The summed E-state index contributed by atoms with van der Waals surface area (Å²) >= 11 is 0. The van der Waals surface area contributed by atoms with Gasteiger partial charge in [-0.15, -0.1) is 0 Å². The van der Waals surface area contributed by atoms with Crippen LogP contribution in [0.5, 0.6) is 0 Å². The van der Waals surface area contributed by atoms with Crippen molar-refractivity contribution in [2.45, 2.75) is 13.3 Å². The maximum atomic E-state index is 11.8. The number of nitrogens with two attached hydrogens (primary N) is 1. The first-order chi connectivity index (χ1) is 10.2. The zero-order chi connectivity index (χ0) is 15.2. The topological polar surface area (TPSA) is 96.2 Å². The zero-order valence-corrected chi connectivity index (χ0v) is 12.3. The monoisotopic (exact) mass is 288 g/mol. The van der Waals surface area contributed by atoms with E-state index < -0.39 is 0 Å². The van der Waals surface area contributed by atoms with E-state index >= 15 is 0 Å². The lowest BCUT2D eigenvalue weighted by molar-refractivity contribution is -0.119. The molecule has 0 saturated heterocycles. The smallest absolute Gasteiger partial charge is 0.239 e. The van der Waals surface area contributed by atoms with E-state index in [9.17, 15) is 4.79 Å². The number of carbonyl (C=O) groups excluding carboxylic acids is 1. The Kier molecular flexibility index (Phi) is 4.89. The summed E-state index contributed by atoms with van der Waals surface area (Å²) < 4.78 is 0. The molecule has 4 N–H and O–H groups in total. The van der Waals surface area contributed by atoms with Gasteiger partial charge in [-0.05, 0) is 18.6 Å². The van der Waals surface area contributed by atoms with Crippen LogP contribution in [0.3, 0.4) is 0 Å². The second-order valence-electron chi connectivity index (χ2n) is 4.74. The molecule has 7 heteroatoms. The van der Waals surface area contributed by atoms with Gasteiger partial charge in [-0.1, -0.05) is 19.1 Å². The van der Waals surface area contributed by atoms with Gasteiger partial charge < -0.3 is 10.2 Å². The molecule has 2 rings (SSSR count). The Balaban J connectivity index is 2.29. The molecular formula is C14H20N6O. The molecule has 7 nitrogen and oxygen atoms in total. The van der Waals surface area contributed by atoms with E-state index in [1.807, 2.05) is 38.2 Å². The van der Waals surface area contributed by atoms with Crippen molar-refractivity contribution in [1.29, 1.82) is 0 Å². The third kappa shape index (κ3) is 3.57. The molecule has 1 heterocycles. The molecule has 0 radical (unpaired) electrons. The number of benzene rings is 1. The molecule has 0 unspecified atom stereocenters. The van der Waals surface area contributed by atoms with Gasteiger partial charge in [-0.2, -0.15) is 4.98 Å². The van der Waals surface area contributed by atoms with E-state index in [-0.39, 0.29) is 12.5 Å². The van der Waals surface area contributed by atoms with Crippen LogP contribution in [0.25, 0.3) is 10.9 Å². The van der Waals surface area contributed by atoms with Crippen molar-refractivity contribution >= 4 is 28.6 Å². The minimum absolute atomic E-state index is 0.0377. The highest BCUT2D eigenvalue weighted by Gasteiger charge is 2.13. The highest BCUT2D eigenvalue weighted by Crippen LogP contribution is 2.23. The number of nitrogens with zero attached hydrogens (tertiary/aromatic N) is 3. The Morgan fingerprint density at radius 3 is 2.81 bits per heavy atom. The number of fused-ring (bicyclic) bond motifs is 1. The summed E-state index contributed by atoms with van der Waals surface area (Å²) in [4.78, 5) is 22.3. The number of nitrogens with one attached hydrogen (secondary N) is 2. The Labute approximate surface area is 123 Å². The number of anilines is 2. The normalized spacial score (nSPS) is 10.4. The van der Waals surface area contributed by atoms with Crippen molar-refractivity contribution in [2.75, 3.05) is 30.5 Å². The molecule has 112 valence electrons. The van der Waals surface area contributed by atoms with E-state index in [0.717, 1.165) is 17.3 Å². The SMILES string of the molecule is CCCNC(=O)CN(C)c1nc(NN)nc2ccccc12. The number of amides is 1. The van der Waals surface area contributed by atoms with E-state index in [1.165, 1.54) is 0 Å². The third-order valence-corrected chi connectivity index (χ3v) is 3.03. The summed E-state index contributed by atoms with van der Waals surface area (Å²) in [5.74, 6) is 6.36. The van der Waals surface area contributed by atoms with Gasteiger partial charge in [-0.3, -0.25) is 10.2 Å². The second kappa shape index (κ2) is 6.85. The molecule has 1 amide bonds. The fourth-order valence-electron chi connectivity index (χ4n) is 2.03. The summed E-state index contributed by atoms with van der Waals surface area (Å²) in [6, 6.07) is 7.61. The van der Waals surface area contributed by atoms with Crippen molar-refractivity contribution < 1.29 is 4.79 Å². The predicted molar refractivity (Wildman–Crippen MR) is 83.9 cm³/mol. The molecule has 0 aliphatic carbocycles. The lowest BCUT2D eigenvalue weighted by atomic mass is 10.2. The van der Waals surface area contributed by atoms with Crippen LogP contribution in [0.2, 0.25) is 0 Å². The number of nitrogen functional groups attached to an aromatic ring is 1. The van der Waals surface area contributed by atoms with Crippen molar-refractivity contribution in [3.63, 3.8) is 0 Å². The van der Waals surface area contributed by atoms with Gasteiger partial charge in [0.05, 0.1) is 12.1 Å². The van der Waals surface area contributed by atoms with Gasteiger partial charge in [0.2, 0.25) is 11.9 Å². The summed E-state index contributed by atoms with van der Waals surface area (Å²) in [5.41, 5.74) is 3.23. The van der Waals surface area contributed by atoms with Gasteiger partial charge in [0.15, 0.2) is 0 Å². The third-order valence-electron chi connectivity index (χ3n) is 3.03. The number of para-hydroxylation sites is 1. The zero-order valence-electron chi connectivity index (χ0n) is 12.3. The average molecular weight is 288 g/mol. The molecule has 0 aliphatic heterocycles. The fraction of sp³-hybridized carbons (Fsp3) is 0.357. The average Bonchev–Trinajstić information content (AvgIpc) is 2.51. The molecular weight excluding hydrogens is 268 g/mol. The fourth-order valence-corrected chi connectivity index (χ4v) is 2.03. The van der Waals surface area contributed by atoms with Gasteiger partial charge in [0.1, 0.15) is 5.82 Å². The Morgan fingerprint density at radius 2 is 2.10 bits per heavy atom. The van der Waals surface area contributed by atoms with Crippen LogP contribution in [-0.4, -0.2) is 36.0 Å². The molecule has 0 atom stereocenters. The van der Waals surface area contributed by atoms with E-state index in [0.29, 0.717) is 18.3 Å². The number of likely N-dealkylation sites (N-methyl/N-ethyl adjacent to an activating group) is 1. The van der Waals surface area contributed by atoms with Crippen LogP contribution in [0.4, 0.5) is 11.8 Å². The predicted octanol–water partition coefficient (Wildman–Crippen LogP) is 0.878. The van der Waals surface area contributed by atoms with Gasteiger partial charge in [0.25, 0.3) is 0 Å². The Morgan fingerprint density at radius 1 is 1.33 bits per heavy atom. The van der Waals surface area contributed by atoms with Crippen LogP contribution in [0.1, 0.15) is 13.3 Å². The van der Waals surface area contributed by atoms with Gasteiger partial charge in [0, 0.05) is 19.0 Å². The number of hydrogen-bond acceptors (Lipinski definition) is 6. The maximum Gasteiger partial charge on any atom is 0.239 e. The molecule has 1 aromatic carbocycles. The van der Waals surface area contributed by atoms with Crippen LogP contribution in [-0.2, 0) is 4.79 Å². The summed E-state index contributed by atoms with van der Waals surface area (Å²) in [6.45, 7) is 2.92. The molecule has 2 aromatic rings. The molecule has 0 saturated carbocycles. The number of aromatic nitrogens is 2. The summed E-state index contributed by atoms with van der Waals surface area (Å²) in [6.07, 6.45) is 0.910. The van der Waals surface area contributed by atoms with E-state index in [1.54, 1.807) is 4.90 Å². The number of hydrogen-bond donors (Lipinski definition) is 3. The van der Waals surface area contributed by atoms with Crippen LogP contribution < -0.4 is 21.5 Å². The van der Waals surface area contributed by atoms with Crippen LogP contribution in [0.15, 0.2) is 24.3 Å².